The Bertz CT molecular complexity index is 550. The van der Waals surface area contributed by atoms with Crippen LogP contribution in [0.1, 0.15) is 16.6 Å². The lowest BCUT2D eigenvalue weighted by atomic mass is 10.3. The van der Waals surface area contributed by atoms with E-state index in [9.17, 15) is 4.79 Å². The van der Waals surface area contributed by atoms with Crippen molar-refractivity contribution >= 4 is 49.7 Å². The Kier molecular flexibility index (Phi) is 3.44. The Labute approximate surface area is 111 Å². The maximum atomic E-state index is 11.2. The molecule has 0 saturated carbocycles. The van der Waals surface area contributed by atoms with Crippen molar-refractivity contribution in [3.8, 4) is 0 Å². The summed E-state index contributed by atoms with van der Waals surface area (Å²) in [6, 6.07) is 7.67. The van der Waals surface area contributed by atoms with E-state index in [0.717, 1.165) is 10.2 Å². The number of Topliss-reactive ketones (excluding diaryl/α,β-unsaturated/α-hetero) is 1. The number of rotatable bonds is 3. The zero-order valence-corrected chi connectivity index (χ0v) is 11.4. The molecule has 0 aliphatic rings. The van der Waals surface area contributed by atoms with Crippen molar-refractivity contribution in [2.24, 2.45) is 0 Å². The van der Waals surface area contributed by atoms with Crippen LogP contribution < -0.4 is 11.1 Å². The number of halogens is 1. The van der Waals surface area contributed by atoms with E-state index < -0.39 is 0 Å². The number of nitrogens with one attached hydrogen (secondary N) is 1. The van der Waals surface area contributed by atoms with Gasteiger partial charge in [0.25, 0.3) is 0 Å². The molecular formula is C11H10BrN3OS. The highest BCUT2D eigenvalue weighted by molar-refractivity contribution is 9.10. The molecule has 0 amide bonds. The number of hydrogen-bond acceptors (Lipinski definition) is 5. The molecular weight excluding hydrogens is 302 g/mol. The topological polar surface area (TPSA) is 68.0 Å². The van der Waals surface area contributed by atoms with Crippen molar-refractivity contribution in [1.82, 2.24) is 4.98 Å². The number of carbonyl (C=O) groups excluding carboxylic acids is 1. The average molecular weight is 312 g/mol. The van der Waals surface area contributed by atoms with E-state index in [2.05, 4.69) is 26.2 Å². The Morgan fingerprint density at radius 2 is 2.06 bits per heavy atom. The number of carbonyl (C=O) groups is 1. The van der Waals surface area contributed by atoms with Gasteiger partial charge in [-0.3, -0.25) is 4.79 Å². The van der Waals surface area contributed by atoms with Gasteiger partial charge in [-0.05, 0) is 24.3 Å². The maximum absolute atomic E-state index is 11.2. The summed E-state index contributed by atoms with van der Waals surface area (Å²) in [6.07, 6.45) is 0. The number of thiazole rings is 1. The molecule has 0 spiro atoms. The molecule has 4 nitrogen and oxygen atoms in total. The highest BCUT2D eigenvalue weighted by Gasteiger charge is 2.12. The predicted molar refractivity (Wildman–Crippen MR) is 74.0 cm³/mol. The number of anilines is 3. The molecule has 0 unspecified atom stereocenters. The van der Waals surface area contributed by atoms with E-state index in [1.807, 2.05) is 24.3 Å². The minimum atomic E-state index is -0.0659. The van der Waals surface area contributed by atoms with Crippen LogP contribution in [-0.2, 0) is 0 Å². The SMILES string of the molecule is CC(=O)c1sc(Nc2ccc(Br)cc2)nc1N. The fourth-order valence-corrected chi connectivity index (χ4v) is 2.36. The standard InChI is InChI=1S/C11H10BrN3OS/c1-6(16)9-10(13)15-11(17-9)14-8-4-2-7(12)3-5-8/h2-5H,13H2,1H3,(H,14,15). The van der Waals surface area contributed by atoms with Crippen molar-refractivity contribution < 1.29 is 4.79 Å². The second-order valence-electron chi connectivity index (χ2n) is 3.42. The average Bonchev–Trinajstić information content (AvgIpc) is 2.63. The normalized spacial score (nSPS) is 10.2. The minimum absolute atomic E-state index is 0.0659. The van der Waals surface area contributed by atoms with E-state index in [4.69, 9.17) is 5.73 Å². The van der Waals surface area contributed by atoms with Crippen molar-refractivity contribution in [2.75, 3.05) is 11.1 Å². The van der Waals surface area contributed by atoms with Crippen LogP contribution in [0.5, 0.6) is 0 Å². The lowest BCUT2D eigenvalue weighted by Gasteiger charge is -2.01. The highest BCUT2D eigenvalue weighted by Crippen LogP contribution is 2.28. The largest absolute Gasteiger partial charge is 0.382 e. The molecule has 2 aromatic rings. The zero-order valence-electron chi connectivity index (χ0n) is 9.03. The molecule has 0 fully saturated rings. The summed E-state index contributed by atoms with van der Waals surface area (Å²) in [5.41, 5.74) is 6.55. The van der Waals surface area contributed by atoms with Gasteiger partial charge in [0.15, 0.2) is 10.9 Å². The first-order chi connectivity index (χ1) is 8.06. The lowest BCUT2D eigenvalue weighted by Crippen LogP contribution is -1.95. The van der Waals surface area contributed by atoms with Crippen LogP contribution in [-0.4, -0.2) is 10.8 Å². The number of nitrogen functional groups attached to an aromatic ring is 1. The van der Waals surface area contributed by atoms with E-state index in [0.29, 0.717) is 10.0 Å². The Morgan fingerprint density at radius 1 is 1.41 bits per heavy atom. The third-order valence-electron chi connectivity index (χ3n) is 2.07. The Hall–Kier alpha value is -1.40. The van der Waals surface area contributed by atoms with Gasteiger partial charge in [0, 0.05) is 17.1 Å². The summed E-state index contributed by atoms with van der Waals surface area (Å²) < 4.78 is 1.01. The maximum Gasteiger partial charge on any atom is 0.189 e. The molecule has 0 bridgehead atoms. The molecule has 17 heavy (non-hydrogen) atoms. The first-order valence-electron chi connectivity index (χ1n) is 4.86. The molecule has 0 aliphatic heterocycles. The second-order valence-corrected chi connectivity index (χ2v) is 5.34. The number of nitrogens with two attached hydrogens (primary N) is 1. The fourth-order valence-electron chi connectivity index (χ4n) is 1.29. The van der Waals surface area contributed by atoms with Crippen LogP contribution >= 0.6 is 27.3 Å². The minimum Gasteiger partial charge on any atom is -0.382 e. The summed E-state index contributed by atoms with van der Waals surface area (Å²) in [4.78, 5) is 15.8. The second kappa shape index (κ2) is 4.85. The monoisotopic (exact) mass is 311 g/mol. The zero-order chi connectivity index (χ0) is 12.4. The van der Waals surface area contributed by atoms with Crippen LogP contribution in [0.25, 0.3) is 0 Å². The van der Waals surface area contributed by atoms with Crippen LogP contribution in [0.15, 0.2) is 28.7 Å². The van der Waals surface area contributed by atoms with Crippen molar-refractivity contribution in [1.29, 1.82) is 0 Å². The number of hydrogen-bond donors (Lipinski definition) is 2. The van der Waals surface area contributed by atoms with Gasteiger partial charge in [0.1, 0.15) is 10.7 Å². The number of nitrogens with zero attached hydrogens (tertiary/aromatic N) is 1. The van der Waals surface area contributed by atoms with Crippen molar-refractivity contribution in [3.63, 3.8) is 0 Å². The highest BCUT2D eigenvalue weighted by atomic mass is 79.9. The molecule has 2 rings (SSSR count). The first kappa shape index (κ1) is 12.1. The van der Waals surface area contributed by atoms with Gasteiger partial charge in [-0.2, -0.15) is 0 Å². The fraction of sp³-hybridized carbons (Fsp3) is 0.0909. The van der Waals surface area contributed by atoms with Gasteiger partial charge in [-0.1, -0.05) is 27.3 Å². The number of ketones is 1. The van der Waals surface area contributed by atoms with Crippen molar-refractivity contribution in [2.45, 2.75) is 6.92 Å². The molecule has 1 aromatic carbocycles. The lowest BCUT2D eigenvalue weighted by molar-refractivity contribution is 0.102. The predicted octanol–water partition coefficient (Wildman–Crippen LogP) is 3.43. The van der Waals surface area contributed by atoms with Gasteiger partial charge >= 0.3 is 0 Å². The summed E-state index contributed by atoms with van der Waals surface area (Å²) >= 11 is 4.62. The first-order valence-corrected chi connectivity index (χ1v) is 6.47. The molecule has 1 aromatic heterocycles. The van der Waals surface area contributed by atoms with E-state index in [-0.39, 0.29) is 11.6 Å². The smallest absolute Gasteiger partial charge is 0.189 e. The van der Waals surface area contributed by atoms with Crippen LogP contribution in [0.4, 0.5) is 16.6 Å². The third-order valence-corrected chi connectivity index (χ3v) is 3.68. The quantitative estimate of drug-likeness (QED) is 0.852. The molecule has 0 saturated heterocycles. The Morgan fingerprint density at radius 3 is 2.59 bits per heavy atom. The van der Waals surface area contributed by atoms with Gasteiger partial charge < -0.3 is 11.1 Å². The molecule has 0 aliphatic carbocycles. The molecule has 1 heterocycles. The van der Waals surface area contributed by atoms with Crippen LogP contribution in [0.3, 0.4) is 0 Å². The molecule has 0 atom stereocenters. The van der Waals surface area contributed by atoms with Gasteiger partial charge in [0.05, 0.1) is 0 Å². The Balaban J connectivity index is 2.22. The number of aromatic nitrogens is 1. The summed E-state index contributed by atoms with van der Waals surface area (Å²) in [6.45, 7) is 1.48. The summed E-state index contributed by atoms with van der Waals surface area (Å²) in [5.74, 6) is 0.214. The summed E-state index contributed by atoms with van der Waals surface area (Å²) in [5, 5.41) is 3.72. The van der Waals surface area contributed by atoms with E-state index in [1.165, 1.54) is 18.3 Å². The van der Waals surface area contributed by atoms with Crippen LogP contribution in [0.2, 0.25) is 0 Å². The van der Waals surface area contributed by atoms with Gasteiger partial charge in [-0.25, -0.2) is 4.98 Å². The van der Waals surface area contributed by atoms with Crippen molar-refractivity contribution in [3.05, 3.63) is 33.6 Å². The molecule has 0 radical (unpaired) electrons. The molecule has 88 valence electrons. The summed E-state index contributed by atoms with van der Waals surface area (Å²) in [7, 11) is 0. The molecule has 3 N–H and O–H groups in total. The third kappa shape index (κ3) is 2.83. The van der Waals surface area contributed by atoms with Gasteiger partial charge in [-0.15, -0.1) is 0 Å². The van der Waals surface area contributed by atoms with E-state index >= 15 is 0 Å². The molecule has 6 heteroatoms. The van der Waals surface area contributed by atoms with Crippen LogP contribution in [0, 0.1) is 0 Å². The number of benzene rings is 1. The van der Waals surface area contributed by atoms with E-state index in [1.54, 1.807) is 0 Å². The van der Waals surface area contributed by atoms with Gasteiger partial charge in [0.2, 0.25) is 0 Å².